The van der Waals surface area contributed by atoms with Crippen molar-refractivity contribution in [1.29, 1.82) is 0 Å². The molecule has 2 aliphatic rings. The van der Waals surface area contributed by atoms with Crippen molar-refractivity contribution in [3.63, 3.8) is 0 Å². The third kappa shape index (κ3) is 4.36. The highest BCUT2D eigenvalue weighted by Crippen LogP contribution is 2.38. The van der Waals surface area contributed by atoms with Crippen LogP contribution in [0.1, 0.15) is 31.4 Å². The van der Waals surface area contributed by atoms with Crippen LogP contribution in [0.25, 0.3) is 0 Å². The summed E-state index contributed by atoms with van der Waals surface area (Å²) in [5, 5.41) is 2.96. The highest BCUT2D eigenvalue weighted by atomic mass is 16.6. The van der Waals surface area contributed by atoms with Crippen molar-refractivity contribution in [3.8, 4) is 5.75 Å². The molecule has 1 fully saturated rings. The Hall–Kier alpha value is -2.80. The maximum Gasteiger partial charge on any atom is 0.338 e. The van der Waals surface area contributed by atoms with Crippen LogP contribution in [-0.4, -0.2) is 49.9 Å². The number of carbonyl (C=O) groups excluding carboxylic acids is 2. The fraction of sp³-hybridized carbons (Fsp3) is 0.429. The van der Waals surface area contributed by atoms with Gasteiger partial charge in [-0.15, -0.1) is 0 Å². The summed E-state index contributed by atoms with van der Waals surface area (Å²) in [6.07, 6.45) is 3.53. The molecule has 1 aliphatic carbocycles. The summed E-state index contributed by atoms with van der Waals surface area (Å²) in [7, 11) is 1.55. The number of urea groups is 1. The van der Waals surface area contributed by atoms with Gasteiger partial charge in [0.2, 0.25) is 0 Å². The molecule has 7 heteroatoms. The van der Waals surface area contributed by atoms with Gasteiger partial charge in [0, 0.05) is 18.8 Å². The van der Waals surface area contributed by atoms with Crippen LogP contribution in [0.4, 0.5) is 4.79 Å². The summed E-state index contributed by atoms with van der Waals surface area (Å²) >= 11 is 0. The monoisotopic (exact) mass is 386 g/mol. The number of allylic oxidation sites excluding steroid dienone is 1. The topological polar surface area (TPSA) is 77.1 Å². The van der Waals surface area contributed by atoms with Gasteiger partial charge in [-0.3, -0.25) is 4.90 Å². The molecule has 0 bridgehead atoms. The molecule has 2 amide bonds. The lowest BCUT2D eigenvalue weighted by molar-refractivity contribution is -0.140. The van der Waals surface area contributed by atoms with Crippen molar-refractivity contribution in [1.82, 2.24) is 10.2 Å². The molecule has 1 N–H and O–H groups in total. The van der Waals surface area contributed by atoms with Gasteiger partial charge >= 0.3 is 12.0 Å². The number of benzene rings is 1. The molecule has 7 nitrogen and oxygen atoms in total. The van der Waals surface area contributed by atoms with E-state index in [4.69, 9.17) is 14.2 Å². The Bertz CT molecular complexity index is 785. The molecule has 0 unspecified atom stereocenters. The molecule has 28 heavy (non-hydrogen) atoms. The number of hydrogen-bond acceptors (Lipinski definition) is 5. The minimum Gasteiger partial charge on any atom is -0.490 e. The zero-order chi connectivity index (χ0) is 20.1. The number of amides is 2. The third-order valence-corrected chi connectivity index (χ3v) is 4.74. The van der Waals surface area contributed by atoms with Crippen molar-refractivity contribution in [2.45, 2.75) is 31.8 Å². The van der Waals surface area contributed by atoms with Gasteiger partial charge in [0.1, 0.15) is 19.0 Å². The molecule has 1 aromatic rings. The Morgan fingerprint density at radius 2 is 2.14 bits per heavy atom. The molecule has 3 rings (SSSR count). The zero-order valence-corrected chi connectivity index (χ0v) is 16.3. The quantitative estimate of drug-likeness (QED) is 0.401. The summed E-state index contributed by atoms with van der Waals surface area (Å²) in [5.41, 5.74) is 1.82. The lowest BCUT2D eigenvalue weighted by Crippen LogP contribution is -2.49. The Balaban J connectivity index is 1.94. The van der Waals surface area contributed by atoms with E-state index in [2.05, 4.69) is 11.9 Å². The maximum absolute atomic E-state index is 12.9. The number of hydrogen-bond donors (Lipinski definition) is 1. The Labute approximate surface area is 164 Å². The van der Waals surface area contributed by atoms with Gasteiger partial charge in [-0.2, -0.15) is 0 Å². The molecule has 150 valence electrons. The van der Waals surface area contributed by atoms with Crippen LogP contribution in [0.15, 0.2) is 48.2 Å². The number of rotatable bonds is 9. The van der Waals surface area contributed by atoms with Crippen LogP contribution in [0.2, 0.25) is 0 Å². The van der Waals surface area contributed by atoms with Crippen LogP contribution >= 0.6 is 0 Å². The summed E-state index contributed by atoms with van der Waals surface area (Å²) in [5.74, 6) is 0.184. The first-order valence-corrected chi connectivity index (χ1v) is 9.37. The van der Waals surface area contributed by atoms with Crippen LogP contribution in [0.5, 0.6) is 5.75 Å². The van der Waals surface area contributed by atoms with Crippen molar-refractivity contribution < 1.29 is 23.8 Å². The first kappa shape index (κ1) is 19.9. The van der Waals surface area contributed by atoms with Crippen LogP contribution in [0, 0.1) is 0 Å². The number of nitrogens with zero attached hydrogens (tertiary/aromatic N) is 1. The molecule has 1 aliphatic heterocycles. The van der Waals surface area contributed by atoms with E-state index in [9.17, 15) is 9.59 Å². The number of carbonyl (C=O) groups is 2. The zero-order valence-electron chi connectivity index (χ0n) is 16.3. The molecule has 0 aromatic heterocycles. The summed E-state index contributed by atoms with van der Waals surface area (Å²) < 4.78 is 15.9. The van der Waals surface area contributed by atoms with Gasteiger partial charge in [-0.05, 0) is 37.5 Å². The summed E-state index contributed by atoms with van der Waals surface area (Å²) in [6, 6.07) is 6.66. The minimum atomic E-state index is -0.607. The van der Waals surface area contributed by atoms with Crippen molar-refractivity contribution >= 4 is 12.0 Å². The van der Waals surface area contributed by atoms with Gasteiger partial charge in [0.05, 0.1) is 18.2 Å². The van der Waals surface area contributed by atoms with Gasteiger partial charge in [-0.25, -0.2) is 9.59 Å². The third-order valence-electron chi connectivity index (χ3n) is 4.74. The first-order valence-electron chi connectivity index (χ1n) is 9.37. The SMILES string of the molecule is C=CCOc1cccc([C@@H]2NC(=O)N(C3CC3)C(C)=C2C(=O)OCCOC)c1. The predicted molar refractivity (Wildman–Crippen MR) is 104 cm³/mol. The van der Waals surface area contributed by atoms with E-state index < -0.39 is 12.0 Å². The van der Waals surface area contributed by atoms with E-state index in [1.807, 2.05) is 24.3 Å². The largest absolute Gasteiger partial charge is 0.490 e. The van der Waals surface area contributed by atoms with Gasteiger partial charge in [0.25, 0.3) is 0 Å². The molecular formula is C21H26N2O5. The predicted octanol–water partition coefficient (Wildman–Crippen LogP) is 2.94. The molecule has 1 atom stereocenters. The normalized spacial score (nSPS) is 19.3. The Morgan fingerprint density at radius 3 is 2.82 bits per heavy atom. The fourth-order valence-electron chi connectivity index (χ4n) is 3.28. The highest BCUT2D eigenvalue weighted by molar-refractivity contribution is 5.95. The molecule has 0 spiro atoms. The molecule has 0 saturated heterocycles. The van der Waals surface area contributed by atoms with Gasteiger partial charge < -0.3 is 19.5 Å². The number of methoxy groups -OCH3 is 1. The lowest BCUT2D eigenvalue weighted by Gasteiger charge is -2.35. The van der Waals surface area contributed by atoms with Crippen molar-refractivity contribution in [2.24, 2.45) is 0 Å². The molecular weight excluding hydrogens is 360 g/mol. The Kier molecular flexibility index (Phi) is 6.36. The Morgan fingerprint density at radius 1 is 1.36 bits per heavy atom. The van der Waals surface area contributed by atoms with E-state index in [0.717, 1.165) is 18.4 Å². The van der Waals surface area contributed by atoms with Crippen molar-refractivity contribution in [2.75, 3.05) is 26.9 Å². The van der Waals surface area contributed by atoms with E-state index in [-0.39, 0.29) is 18.7 Å². The molecule has 0 radical (unpaired) electrons. The van der Waals surface area contributed by atoms with E-state index in [1.54, 1.807) is 25.0 Å². The number of nitrogens with one attached hydrogen (secondary N) is 1. The van der Waals surface area contributed by atoms with Gasteiger partial charge in [0.15, 0.2) is 0 Å². The second-order valence-corrected chi connectivity index (χ2v) is 6.78. The number of ether oxygens (including phenoxy) is 3. The average molecular weight is 386 g/mol. The molecule has 1 heterocycles. The van der Waals surface area contributed by atoms with Crippen molar-refractivity contribution in [3.05, 3.63) is 53.8 Å². The molecule has 1 aromatic carbocycles. The van der Waals surface area contributed by atoms with E-state index >= 15 is 0 Å². The lowest BCUT2D eigenvalue weighted by atomic mass is 9.94. The fourth-order valence-corrected chi connectivity index (χ4v) is 3.28. The minimum absolute atomic E-state index is 0.144. The van der Waals surface area contributed by atoms with Gasteiger partial charge in [-0.1, -0.05) is 24.8 Å². The summed E-state index contributed by atoms with van der Waals surface area (Å²) in [4.78, 5) is 27.2. The number of esters is 1. The first-order chi connectivity index (χ1) is 13.6. The van der Waals surface area contributed by atoms with Crippen LogP contribution in [-0.2, 0) is 14.3 Å². The van der Waals surface area contributed by atoms with Crippen LogP contribution in [0.3, 0.4) is 0 Å². The smallest absolute Gasteiger partial charge is 0.338 e. The van der Waals surface area contributed by atoms with Crippen LogP contribution < -0.4 is 10.1 Å². The second-order valence-electron chi connectivity index (χ2n) is 6.78. The highest BCUT2D eigenvalue weighted by Gasteiger charge is 2.42. The van der Waals surface area contributed by atoms with E-state index in [1.165, 1.54) is 0 Å². The maximum atomic E-state index is 12.9. The van der Waals surface area contributed by atoms with E-state index in [0.29, 0.717) is 30.2 Å². The standard InChI is InChI=1S/C21H26N2O5/c1-4-10-27-17-7-5-6-15(13-17)19-18(20(24)28-12-11-26-3)14(2)23(16-8-9-16)21(25)22-19/h4-7,13,16,19H,1,8-12H2,2-3H3,(H,22,25)/t19-/m0/s1. The second kappa shape index (κ2) is 8.93. The molecule has 1 saturated carbocycles. The summed E-state index contributed by atoms with van der Waals surface area (Å²) in [6.45, 7) is 6.28. The average Bonchev–Trinajstić information content (AvgIpc) is 3.51.